The molecule has 0 bridgehead atoms. The lowest BCUT2D eigenvalue weighted by molar-refractivity contribution is -0.141. The van der Waals surface area contributed by atoms with Gasteiger partial charge in [-0.2, -0.15) is 13.2 Å². The number of aromatic nitrogens is 1. The van der Waals surface area contributed by atoms with Gasteiger partial charge < -0.3 is 15.5 Å². The zero-order valence-corrected chi connectivity index (χ0v) is 16.4. The third kappa shape index (κ3) is 4.64. The van der Waals surface area contributed by atoms with Gasteiger partial charge in [-0.25, -0.2) is 14.2 Å². The number of carbonyl (C=O) groups is 2. The Morgan fingerprint density at radius 3 is 2.73 bits per heavy atom. The average molecular weight is 445 g/mol. The number of hydrogen-bond donors (Lipinski definition) is 2. The number of nitrogens with one attached hydrogen (secondary N) is 2. The molecule has 6 nitrogen and oxygen atoms in total. The van der Waals surface area contributed by atoms with E-state index in [0.29, 0.717) is 0 Å². The molecule has 1 aliphatic heterocycles. The van der Waals surface area contributed by atoms with Crippen LogP contribution in [0, 0.1) is 5.82 Å². The Bertz CT molecular complexity index is 970. The lowest BCUT2D eigenvalue weighted by Crippen LogP contribution is -2.58. The van der Waals surface area contributed by atoms with E-state index in [4.69, 9.17) is 11.6 Å². The molecule has 2 N–H and O–H groups in total. The van der Waals surface area contributed by atoms with Crippen LogP contribution >= 0.6 is 11.6 Å². The van der Waals surface area contributed by atoms with E-state index >= 15 is 0 Å². The quantitative estimate of drug-likeness (QED) is 0.711. The van der Waals surface area contributed by atoms with Gasteiger partial charge in [0.05, 0.1) is 16.8 Å². The summed E-state index contributed by atoms with van der Waals surface area (Å²) in [5, 5.41) is 4.95. The minimum absolute atomic E-state index is 0.116. The second-order valence-corrected chi connectivity index (χ2v) is 7.07. The summed E-state index contributed by atoms with van der Waals surface area (Å²) in [6.07, 6.45) is -4.69. The molecule has 1 fully saturated rings. The van der Waals surface area contributed by atoms with Crippen LogP contribution in [0.15, 0.2) is 36.4 Å². The molecule has 0 unspecified atom stereocenters. The van der Waals surface area contributed by atoms with Gasteiger partial charge in [-0.15, -0.1) is 0 Å². The van der Waals surface area contributed by atoms with Gasteiger partial charge in [0, 0.05) is 13.1 Å². The Hall–Kier alpha value is -2.88. The third-order valence-electron chi connectivity index (χ3n) is 4.66. The molecule has 2 aromatic rings. The Balaban J connectivity index is 1.99. The van der Waals surface area contributed by atoms with Gasteiger partial charge in [0.2, 0.25) is 5.91 Å². The normalized spacial score (nSPS) is 18.0. The standard InChI is InChI=1S/C19H17ClF4N4O2/c1-10-17(29)25-7-8-28(10)18(30)27-16(11-5-6-13(21)12(20)9-11)14-3-2-4-15(26-14)19(22,23)24/h2-6,9-10,16H,7-8H2,1H3,(H,25,29)(H,27,30)/t10-,16-/m1/s1. The molecule has 160 valence electrons. The smallest absolute Gasteiger partial charge is 0.353 e. The summed E-state index contributed by atoms with van der Waals surface area (Å²) in [6.45, 7) is 1.98. The first-order chi connectivity index (χ1) is 14.1. The number of benzene rings is 1. The molecule has 1 aliphatic rings. The van der Waals surface area contributed by atoms with E-state index in [-0.39, 0.29) is 35.3 Å². The summed E-state index contributed by atoms with van der Waals surface area (Å²) >= 11 is 5.83. The van der Waals surface area contributed by atoms with Crippen LogP contribution in [0.2, 0.25) is 5.02 Å². The largest absolute Gasteiger partial charge is 0.433 e. The molecule has 0 aliphatic carbocycles. The molecule has 2 heterocycles. The Morgan fingerprint density at radius 1 is 1.33 bits per heavy atom. The number of amides is 3. The van der Waals surface area contributed by atoms with Crippen molar-refractivity contribution in [3.8, 4) is 0 Å². The Labute approximate surface area is 174 Å². The monoisotopic (exact) mass is 444 g/mol. The zero-order chi connectivity index (χ0) is 22.1. The first-order valence-electron chi connectivity index (χ1n) is 8.92. The number of rotatable bonds is 3. The van der Waals surface area contributed by atoms with Gasteiger partial charge >= 0.3 is 12.2 Å². The van der Waals surface area contributed by atoms with Crippen LogP contribution < -0.4 is 10.6 Å². The van der Waals surface area contributed by atoms with E-state index < -0.39 is 35.8 Å². The van der Waals surface area contributed by atoms with Crippen LogP contribution in [0.25, 0.3) is 0 Å². The second-order valence-electron chi connectivity index (χ2n) is 6.66. The molecule has 2 atom stereocenters. The van der Waals surface area contributed by atoms with Crippen LogP contribution in [-0.4, -0.2) is 41.0 Å². The Morgan fingerprint density at radius 2 is 2.07 bits per heavy atom. The fourth-order valence-electron chi connectivity index (χ4n) is 3.06. The highest BCUT2D eigenvalue weighted by atomic mass is 35.5. The maximum absolute atomic E-state index is 13.6. The van der Waals surface area contributed by atoms with E-state index in [0.717, 1.165) is 18.2 Å². The number of alkyl halides is 3. The van der Waals surface area contributed by atoms with E-state index in [1.807, 2.05) is 0 Å². The number of carbonyl (C=O) groups excluding carboxylic acids is 2. The minimum Gasteiger partial charge on any atom is -0.353 e. The van der Waals surface area contributed by atoms with Gasteiger partial charge in [-0.05, 0) is 36.8 Å². The number of urea groups is 1. The van der Waals surface area contributed by atoms with Crippen LogP contribution in [-0.2, 0) is 11.0 Å². The fourth-order valence-corrected chi connectivity index (χ4v) is 3.25. The number of halogens is 5. The van der Waals surface area contributed by atoms with Crippen molar-refractivity contribution in [3.63, 3.8) is 0 Å². The molecule has 1 saturated heterocycles. The predicted molar refractivity (Wildman–Crippen MR) is 100 cm³/mol. The summed E-state index contributed by atoms with van der Waals surface area (Å²) in [5.41, 5.74) is -1.02. The van der Waals surface area contributed by atoms with Crippen molar-refractivity contribution >= 4 is 23.5 Å². The second kappa shape index (κ2) is 8.47. The maximum Gasteiger partial charge on any atom is 0.433 e. The molecule has 3 amide bonds. The van der Waals surface area contributed by atoms with Crippen LogP contribution in [0.4, 0.5) is 22.4 Å². The summed E-state index contributed by atoms with van der Waals surface area (Å²) < 4.78 is 53.0. The number of nitrogens with zero attached hydrogens (tertiary/aromatic N) is 2. The molecular formula is C19H17ClF4N4O2. The van der Waals surface area contributed by atoms with Crippen molar-refractivity contribution in [2.75, 3.05) is 13.1 Å². The molecule has 0 radical (unpaired) electrons. The summed E-state index contributed by atoms with van der Waals surface area (Å²) in [7, 11) is 0. The number of hydrogen-bond acceptors (Lipinski definition) is 3. The Kier molecular flexibility index (Phi) is 6.16. The van der Waals surface area contributed by atoms with Crippen LogP contribution in [0.5, 0.6) is 0 Å². The molecule has 0 saturated carbocycles. The van der Waals surface area contributed by atoms with Crippen molar-refractivity contribution in [1.29, 1.82) is 0 Å². The highest BCUT2D eigenvalue weighted by molar-refractivity contribution is 6.30. The minimum atomic E-state index is -4.69. The van der Waals surface area contributed by atoms with Crippen LogP contribution in [0.1, 0.15) is 29.9 Å². The first-order valence-corrected chi connectivity index (χ1v) is 9.29. The first kappa shape index (κ1) is 21.8. The topological polar surface area (TPSA) is 74.3 Å². The molecule has 0 spiro atoms. The third-order valence-corrected chi connectivity index (χ3v) is 4.95. The van der Waals surface area contributed by atoms with E-state index in [1.54, 1.807) is 0 Å². The van der Waals surface area contributed by atoms with Crippen molar-refractivity contribution in [3.05, 3.63) is 64.2 Å². The van der Waals surface area contributed by atoms with Crippen molar-refractivity contribution in [1.82, 2.24) is 20.5 Å². The fraction of sp³-hybridized carbons (Fsp3) is 0.316. The maximum atomic E-state index is 13.6. The molecular weight excluding hydrogens is 428 g/mol. The van der Waals surface area contributed by atoms with E-state index in [9.17, 15) is 27.2 Å². The lowest BCUT2D eigenvalue weighted by atomic mass is 10.0. The summed E-state index contributed by atoms with van der Waals surface area (Å²) in [5.74, 6) is -1.07. The van der Waals surface area contributed by atoms with Crippen molar-refractivity contribution < 1.29 is 27.2 Å². The summed E-state index contributed by atoms with van der Waals surface area (Å²) in [6, 6.07) is 4.20. The van der Waals surface area contributed by atoms with Gasteiger partial charge in [-0.1, -0.05) is 23.7 Å². The predicted octanol–water partition coefficient (Wildman–Crippen LogP) is 3.51. The molecule has 1 aromatic heterocycles. The van der Waals surface area contributed by atoms with Gasteiger partial charge in [0.1, 0.15) is 17.6 Å². The van der Waals surface area contributed by atoms with Gasteiger partial charge in [0.25, 0.3) is 0 Å². The van der Waals surface area contributed by atoms with Gasteiger partial charge in [-0.3, -0.25) is 4.79 Å². The molecule has 1 aromatic carbocycles. The molecule has 3 rings (SSSR count). The molecule has 30 heavy (non-hydrogen) atoms. The highest BCUT2D eigenvalue weighted by Gasteiger charge is 2.34. The highest BCUT2D eigenvalue weighted by Crippen LogP contribution is 2.30. The average Bonchev–Trinajstić information content (AvgIpc) is 2.69. The number of piperazine rings is 1. The van der Waals surface area contributed by atoms with Crippen molar-refractivity contribution in [2.45, 2.75) is 25.2 Å². The molecule has 11 heteroatoms. The van der Waals surface area contributed by atoms with E-state index in [2.05, 4.69) is 15.6 Å². The van der Waals surface area contributed by atoms with Crippen molar-refractivity contribution in [2.24, 2.45) is 0 Å². The van der Waals surface area contributed by atoms with E-state index in [1.165, 1.54) is 30.0 Å². The summed E-state index contributed by atoms with van der Waals surface area (Å²) in [4.78, 5) is 29.6. The zero-order valence-electron chi connectivity index (χ0n) is 15.6. The van der Waals surface area contributed by atoms with Crippen LogP contribution in [0.3, 0.4) is 0 Å². The van der Waals surface area contributed by atoms with Gasteiger partial charge in [0.15, 0.2) is 0 Å². The SMILES string of the molecule is C[C@@H]1C(=O)NCCN1C(=O)N[C@H](c1ccc(F)c(Cl)c1)c1cccc(C(F)(F)F)n1. The number of pyridine rings is 1. The lowest BCUT2D eigenvalue weighted by Gasteiger charge is -2.34.